The van der Waals surface area contributed by atoms with Crippen molar-refractivity contribution in [1.29, 1.82) is 0 Å². The number of carbonyl (C=O) groups is 1. The maximum atomic E-state index is 12.9. The van der Waals surface area contributed by atoms with E-state index in [0.717, 1.165) is 16.7 Å². The third-order valence-corrected chi connectivity index (χ3v) is 5.30. The highest BCUT2D eigenvalue weighted by atomic mass is 16.6. The molecule has 0 spiro atoms. The highest BCUT2D eigenvalue weighted by Crippen LogP contribution is 2.37. The van der Waals surface area contributed by atoms with Crippen LogP contribution in [-0.4, -0.2) is 17.8 Å². The van der Waals surface area contributed by atoms with E-state index < -0.39 is 5.60 Å². The van der Waals surface area contributed by atoms with Crippen LogP contribution in [0, 0.1) is 13.8 Å². The second kappa shape index (κ2) is 10.4. The first kappa shape index (κ1) is 23.5. The molecule has 166 valence electrons. The topological polar surface area (TPSA) is 38.7 Å². The summed E-state index contributed by atoms with van der Waals surface area (Å²) < 4.78 is 5.68. The molecule has 3 rings (SSSR count). The first-order valence-corrected chi connectivity index (χ1v) is 11.1. The molecule has 32 heavy (non-hydrogen) atoms. The number of hydrogen-bond donors (Lipinski definition) is 0. The Kier molecular flexibility index (Phi) is 7.63. The van der Waals surface area contributed by atoms with E-state index in [2.05, 4.69) is 74.5 Å². The van der Waals surface area contributed by atoms with Crippen LogP contribution in [0.5, 0.6) is 0 Å². The fraction of sp³-hybridized carbons (Fsp3) is 0.310. The standard InChI is InChI=1S/C29H33NO2/c1-21-11-15-23(16-12-21)20-30-28(25-17-13-22(2)14-18-25)26(24-9-7-6-8-10-24)19-27(31)32-29(3,4)5/h6-18,20,26,28H,19H2,1-5H3/t26-,28+/m1/s1. The predicted molar refractivity (Wildman–Crippen MR) is 132 cm³/mol. The zero-order chi connectivity index (χ0) is 23.1. The third kappa shape index (κ3) is 6.91. The van der Waals surface area contributed by atoms with Crippen LogP contribution in [-0.2, 0) is 9.53 Å². The number of aryl methyl sites for hydroxylation is 2. The summed E-state index contributed by atoms with van der Waals surface area (Å²) in [4.78, 5) is 17.9. The van der Waals surface area contributed by atoms with Gasteiger partial charge < -0.3 is 4.74 Å². The van der Waals surface area contributed by atoms with Gasteiger partial charge in [0.2, 0.25) is 0 Å². The number of ether oxygens (including phenoxy) is 1. The van der Waals surface area contributed by atoms with Crippen molar-refractivity contribution in [1.82, 2.24) is 0 Å². The molecule has 0 aliphatic carbocycles. The van der Waals surface area contributed by atoms with Gasteiger partial charge in [0, 0.05) is 12.1 Å². The lowest BCUT2D eigenvalue weighted by atomic mass is 9.84. The molecule has 0 amide bonds. The summed E-state index contributed by atoms with van der Waals surface area (Å²) in [6.07, 6.45) is 2.17. The fourth-order valence-corrected chi connectivity index (χ4v) is 3.68. The van der Waals surface area contributed by atoms with Gasteiger partial charge in [0.15, 0.2) is 0 Å². The van der Waals surface area contributed by atoms with Gasteiger partial charge in [-0.2, -0.15) is 0 Å². The number of aliphatic imine (C=N–C) groups is 1. The molecule has 0 unspecified atom stereocenters. The second-order valence-electron chi connectivity index (χ2n) is 9.35. The molecule has 0 N–H and O–H groups in total. The van der Waals surface area contributed by atoms with Gasteiger partial charge in [0.05, 0.1) is 12.5 Å². The molecule has 0 heterocycles. The van der Waals surface area contributed by atoms with Crippen molar-refractivity contribution in [3.05, 3.63) is 107 Å². The van der Waals surface area contributed by atoms with Gasteiger partial charge >= 0.3 is 5.97 Å². The molecule has 0 saturated carbocycles. The monoisotopic (exact) mass is 427 g/mol. The molecule has 0 bridgehead atoms. The second-order valence-corrected chi connectivity index (χ2v) is 9.35. The van der Waals surface area contributed by atoms with Crippen LogP contribution < -0.4 is 0 Å². The first-order chi connectivity index (χ1) is 15.2. The van der Waals surface area contributed by atoms with Gasteiger partial charge in [0.25, 0.3) is 0 Å². The zero-order valence-corrected chi connectivity index (χ0v) is 19.7. The minimum atomic E-state index is -0.525. The molecule has 3 aromatic rings. The lowest BCUT2D eigenvalue weighted by Gasteiger charge is -2.27. The van der Waals surface area contributed by atoms with Crippen LogP contribution in [0.2, 0.25) is 0 Å². The molecular formula is C29H33NO2. The number of rotatable bonds is 7. The zero-order valence-electron chi connectivity index (χ0n) is 19.7. The van der Waals surface area contributed by atoms with Crippen LogP contribution in [0.15, 0.2) is 83.9 Å². The van der Waals surface area contributed by atoms with Gasteiger partial charge in [-0.05, 0) is 51.3 Å². The van der Waals surface area contributed by atoms with Crippen molar-refractivity contribution < 1.29 is 9.53 Å². The van der Waals surface area contributed by atoms with Gasteiger partial charge in [-0.3, -0.25) is 9.79 Å². The summed E-state index contributed by atoms with van der Waals surface area (Å²) in [5, 5.41) is 0. The largest absolute Gasteiger partial charge is 0.460 e. The van der Waals surface area contributed by atoms with E-state index in [0.29, 0.717) is 0 Å². The highest BCUT2D eigenvalue weighted by Gasteiger charge is 2.29. The molecule has 0 radical (unpaired) electrons. The van der Waals surface area contributed by atoms with Crippen molar-refractivity contribution in [3.63, 3.8) is 0 Å². The molecule has 0 aromatic heterocycles. The van der Waals surface area contributed by atoms with Crippen molar-refractivity contribution in [2.24, 2.45) is 4.99 Å². The molecule has 0 saturated heterocycles. The van der Waals surface area contributed by atoms with Crippen molar-refractivity contribution in [2.75, 3.05) is 0 Å². The average Bonchev–Trinajstić information content (AvgIpc) is 2.75. The number of hydrogen-bond acceptors (Lipinski definition) is 3. The predicted octanol–water partition coefficient (Wildman–Crippen LogP) is 6.98. The molecule has 0 fully saturated rings. The minimum absolute atomic E-state index is 0.143. The van der Waals surface area contributed by atoms with E-state index in [1.165, 1.54) is 11.1 Å². The maximum Gasteiger partial charge on any atom is 0.307 e. The van der Waals surface area contributed by atoms with Gasteiger partial charge in [0.1, 0.15) is 5.60 Å². The van der Waals surface area contributed by atoms with Crippen molar-refractivity contribution in [3.8, 4) is 0 Å². The summed E-state index contributed by atoms with van der Waals surface area (Å²) in [7, 11) is 0. The van der Waals surface area contributed by atoms with E-state index in [9.17, 15) is 4.79 Å². The third-order valence-electron chi connectivity index (χ3n) is 5.30. The Morgan fingerprint density at radius 3 is 1.97 bits per heavy atom. The molecule has 3 nitrogen and oxygen atoms in total. The summed E-state index contributed by atoms with van der Waals surface area (Å²) in [5.74, 6) is -0.357. The Morgan fingerprint density at radius 1 is 0.844 bits per heavy atom. The molecule has 0 aliphatic rings. The Balaban J connectivity index is 2.02. The molecule has 2 atom stereocenters. The summed E-state index contributed by atoms with van der Waals surface area (Å²) in [6.45, 7) is 9.84. The van der Waals surface area contributed by atoms with Crippen LogP contribution >= 0.6 is 0 Å². The smallest absolute Gasteiger partial charge is 0.307 e. The summed E-state index contributed by atoms with van der Waals surface area (Å²) >= 11 is 0. The molecule has 3 aromatic carbocycles. The van der Waals surface area contributed by atoms with Gasteiger partial charge in [-0.15, -0.1) is 0 Å². The average molecular weight is 428 g/mol. The number of esters is 1. The lowest BCUT2D eigenvalue weighted by Crippen LogP contribution is -2.26. The Morgan fingerprint density at radius 2 is 1.41 bits per heavy atom. The first-order valence-electron chi connectivity index (χ1n) is 11.1. The Hall–Kier alpha value is -3.20. The SMILES string of the molecule is Cc1ccc(C=N[C@@H](c2ccc(C)cc2)[C@H](CC(=O)OC(C)(C)C)c2ccccc2)cc1. The normalized spacial score (nSPS) is 13.7. The quantitative estimate of drug-likeness (QED) is 0.301. The van der Waals surface area contributed by atoms with E-state index in [1.807, 2.05) is 45.2 Å². The van der Waals surface area contributed by atoms with E-state index in [-0.39, 0.29) is 24.3 Å². The number of benzene rings is 3. The van der Waals surface area contributed by atoms with Crippen molar-refractivity contribution >= 4 is 12.2 Å². The maximum absolute atomic E-state index is 12.9. The number of nitrogens with zero attached hydrogens (tertiary/aromatic N) is 1. The highest BCUT2D eigenvalue weighted by molar-refractivity contribution is 5.80. The van der Waals surface area contributed by atoms with Crippen LogP contribution in [0.3, 0.4) is 0 Å². The fourth-order valence-electron chi connectivity index (χ4n) is 3.68. The molecular weight excluding hydrogens is 394 g/mol. The Labute approximate surface area is 192 Å². The summed E-state index contributed by atoms with van der Waals surface area (Å²) in [5.41, 5.74) is 5.07. The summed E-state index contributed by atoms with van der Waals surface area (Å²) in [6, 6.07) is 26.6. The molecule has 0 aliphatic heterocycles. The lowest BCUT2D eigenvalue weighted by molar-refractivity contribution is -0.155. The van der Waals surface area contributed by atoms with Gasteiger partial charge in [-0.25, -0.2) is 0 Å². The van der Waals surface area contributed by atoms with E-state index in [1.54, 1.807) is 0 Å². The van der Waals surface area contributed by atoms with Crippen LogP contribution in [0.25, 0.3) is 0 Å². The van der Waals surface area contributed by atoms with Crippen molar-refractivity contribution in [2.45, 2.75) is 58.6 Å². The Bertz CT molecular complexity index is 1030. The van der Waals surface area contributed by atoms with Crippen LogP contribution in [0.1, 0.15) is 67.0 Å². The minimum Gasteiger partial charge on any atom is -0.460 e. The number of carbonyl (C=O) groups excluding carboxylic acids is 1. The van der Waals surface area contributed by atoms with Crippen LogP contribution in [0.4, 0.5) is 0 Å². The van der Waals surface area contributed by atoms with Gasteiger partial charge in [-0.1, -0.05) is 90.0 Å². The molecule has 3 heteroatoms. The van der Waals surface area contributed by atoms with E-state index in [4.69, 9.17) is 9.73 Å². The van der Waals surface area contributed by atoms with E-state index >= 15 is 0 Å².